The molecule has 0 aliphatic carbocycles. The average molecular weight is 487 g/mol. The van der Waals surface area contributed by atoms with E-state index in [2.05, 4.69) is 30.6 Å². The molecule has 0 aliphatic rings. The van der Waals surface area contributed by atoms with Gasteiger partial charge in [-0.2, -0.15) is 4.31 Å². The van der Waals surface area contributed by atoms with Crippen LogP contribution in [0.4, 0.5) is 0 Å². The molecule has 186 valence electrons. The molecule has 2 rings (SSSR count). The molecule has 0 radical (unpaired) electrons. The summed E-state index contributed by atoms with van der Waals surface area (Å²) < 4.78 is 28.9. The Balaban J connectivity index is 2.16. The molecule has 0 aliphatic heterocycles. The number of rotatable bonds is 16. The highest BCUT2D eigenvalue weighted by molar-refractivity contribution is 7.89. The monoisotopic (exact) mass is 486 g/mol. The van der Waals surface area contributed by atoms with E-state index in [0.29, 0.717) is 24.9 Å². The second-order valence-electron chi connectivity index (χ2n) is 8.83. The van der Waals surface area contributed by atoms with Gasteiger partial charge in [0.25, 0.3) is 0 Å². The van der Waals surface area contributed by atoms with Crippen molar-refractivity contribution >= 4 is 16.0 Å². The highest BCUT2D eigenvalue weighted by atomic mass is 32.2. The highest BCUT2D eigenvalue weighted by Gasteiger charge is 2.31. The number of unbranched alkanes of at least 4 members (excludes halogenated alkanes) is 3. The lowest BCUT2D eigenvalue weighted by molar-refractivity contribution is -0.141. The van der Waals surface area contributed by atoms with E-state index in [1.165, 1.54) is 15.9 Å². The van der Waals surface area contributed by atoms with E-state index in [1.54, 1.807) is 31.5 Å². The molecule has 6 nitrogen and oxygen atoms in total. The second-order valence-corrected chi connectivity index (χ2v) is 10.9. The van der Waals surface area contributed by atoms with E-state index in [1.807, 2.05) is 12.1 Å². The number of carboxylic acids is 1. The van der Waals surface area contributed by atoms with Crippen molar-refractivity contribution in [3.63, 3.8) is 0 Å². The number of carboxylic acid groups (broad SMARTS) is 1. The number of aliphatic carboxylic acids is 1. The number of hydrogen-bond acceptors (Lipinski definition) is 4. The Hall–Kier alpha value is -2.51. The zero-order valence-corrected chi connectivity index (χ0v) is 21.2. The molecule has 0 spiro atoms. The predicted molar refractivity (Wildman–Crippen MR) is 137 cm³/mol. The number of aromatic nitrogens is 1. The van der Waals surface area contributed by atoms with Crippen molar-refractivity contribution in [1.82, 2.24) is 9.29 Å². The standard InChI is InChI=1S/C27H38N2O4S/c1-4-6-12-23-14-16-24(17-15-23)21-29(19-9-7-8-11-22(3)27(30)31)34(32,33)26(5-2)25-13-10-18-28-20-25/h5,10,13-18,20,22,26H,2,4,6-9,11-12,19,21H2,1,3H3,(H,30,31). The van der Waals surface area contributed by atoms with Gasteiger partial charge in [0.05, 0.1) is 5.92 Å². The lowest BCUT2D eigenvalue weighted by atomic mass is 10.0. The van der Waals surface area contributed by atoms with Crippen molar-refractivity contribution < 1.29 is 18.3 Å². The van der Waals surface area contributed by atoms with Crippen LogP contribution in [-0.4, -0.2) is 35.3 Å². The SMILES string of the molecule is C=CC(c1cccnc1)S(=O)(=O)N(CCCCCC(C)C(=O)O)Cc1ccc(CCCC)cc1. The van der Waals surface area contributed by atoms with Crippen LogP contribution in [-0.2, 0) is 27.8 Å². The van der Waals surface area contributed by atoms with Crippen molar-refractivity contribution in [2.75, 3.05) is 6.54 Å². The number of nitrogens with zero attached hydrogens (tertiary/aromatic N) is 2. The van der Waals surface area contributed by atoms with E-state index in [-0.39, 0.29) is 12.5 Å². The van der Waals surface area contributed by atoms with Gasteiger partial charge in [0.15, 0.2) is 0 Å². The molecule has 1 aromatic heterocycles. The molecule has 2 unspecified atom stereocenters. The molecule has 0 fully saturated rings. The highest BCUT2D eigenvalue weighted by Crippen LogP contribution is 2.28. The maximum atomic E-state index is 13.7. The summed E-state index contributed by atoms with van der Waals surface area (Å²) in [5, 5.41) is 8.18. The molecule has 2 atom stereocenters. The van der Waals surface area contributed by atoms with Crippen LogP contribution in [0.2, 0.25) is 0 Å². The van der Waals surface area contributed by atoms with Crippen LogP contribution in [0.1, 0.15) is 74.3 Å². The Bertz CT molecular complexity index is 991. The largest absolute Gasteiger partial charge is 0.481 e. The van der Waals surface area contributed by atoms with Gasteiger partial charge < -0.3 is 5.11 Å². The van der Waals surface area contributed by atoms with Crippen LogP contribution < -0.4 is 0 Å². The topological polar surface area (TPSA) is 87.6 Å². The lowest BCUT2D eigenvalue weighted by Crippen LogP contribution is -2.35. The zero-order valence-electron chi connectivity index (χ0n) is 20.4. The van der Waals surface area contributed by atoms with Crippen LogP contribution in [0, 0.1) is 5.92 Å². The fourth-order valence-corrected chi connectivity index (χ4v) is 5.63. The third kappa shape index (κ3) is 8.37. The Morgan fingerprint density at radius 2 is 1.82 bits per heavy atom. The average Bonchev–Trinajstić information content (AvgIpc) is 2.83. The van der Waals surface area contributed by atoms with E-state index in [4.69, 9.17) is 5.11 Å². The summed E-state index contributed by atoms with van der Waals surface area (Å²) in [6.07, 6.45) is 10.7. The first-order valence-electron chi connectivity index (χ1n) is 12.1. The Morgan fingerprint density at radius 3 is 2.41 bits per heavy atom. The molecule has 1 N–H and O–H groups in total. The fraction of sp³-hybridized carbons (Fsp3) is 0.481. The van der Waals surface area contributed by atoms with Crippen molar-refractivity contribution in [1.29, 1.82) is 0 Å². The van der Waals surface area contributed by atoms with Gasteiger partial charge in [-0.3, -0.25) is 9.78 Å². The maximum Gasteiger partial charge on any atom is 0.306 e. The summed E-state index contributed by atoms with van der Waals surface area (Å²) in [6.45, 7) is 8.31. The predicted octanol–water partition coefficient (Wildman–Crippen LogP) is 5.76. The molecule has 0 amide bonds. The Kier molecular flexibility index (Phi) is 11.4. The number of benzene rings is 1. The van der Waals surface area contributed by atoms with Crippen LogP contribution in [0.15, 0.2) is 61.4 Å². The summed E-state index contributed by atoms with van der Waals surface area (Å²) in [4.78, 5) is 15.1. The van der Waals surface area contributed by atoms with Crippen molar-refractivity contribution in [3.8, 4) is 0 Å². The first kappa shape index (κ1) is 27.7. The Morgan fingerprint density at radius 1 is 1.12 bits per heavy atom. The molecule has 2 aromatic rings. The van der Waals surface area contributed by atoms with Gasteiger partial charge in [0.2, 0.25) is 10.0 Å². The van der Waals surface area contributed by atoms with Crippen LogP contribution in [0.3, 0.4) is 0 Å². The molecule has 34 heavy (non-hydrogen) atoms. The second kappa shape index (κ2) is 14.0. The third-order valence-electron chi connectivity index (χ3n) is 6.07. The summed E-state index contributed by atoms with van der Waals surface area (Å²) in [5.74, 6) is -1.18. The van der Waals surface area contributed by atoms with E-state index in [9.17, 15) is 13.2 Å². The summed E-state index contributed by atoms with van der Waals surface area (Å²) in [5.41, 5.74) is 2.79. The smallest absolute Gasteiger partial charge is 0.306 e. The summed E-state index contributed by atoms with van der Waals surface area (Å²) >= 11 is 0. The van der Waals surface area contributed by atoms with Crippen LogP contribution in [0.5, 0.6) is 0 Å². The van der Waals surface area contributed by atoms with Gasteiger partial charge in [-0.05, 0) is 48.4 Å². The van der Waals surface area contributed by atoms with E-state index >= 15 is 0 Å². The molecule has 1 aromatic carbocycles. The number of aryl methyl sites for hydroxylation is 1. The summed E-state index contributed by atoms with van der Waals surface area (Å²) in [7, 11) is -3.72. The van der Waals surface area contributed by atoms with Gasteiger partial charge >= 0.3 is 5.97 Å². The minimum absolute atomic E-state index is 0.284. The van der Waals surface area contributed by atoms with Crippen molar-refractivity contribution in [2.45, 2.75) is 70.6 Å². The first-order valence-corrected chi connectivity index (χ1v) is 13.6. The lowest BCUT2D eigenvalue weighted by Gasteiger charge is -2.26. The molecule has 0 bridgehead atoms. The van der Waals surface area contributed by atoms with Crippen LogP contribution >= 0.6 is 0 Å². The minimum Gasteiger partial charge on any atom is -0.481 e. The molecule has 1 heterocycles. The van der Waals surface area contributed by atoms with Crippen molar-refractivity contribution in [2.24, 2.45) is 5.92 Å². The zero-order chi connectivity index (χ0) is 25.0. The first-order chi connectivity index (χ1) is 16.3. The molecule has 0 saturated carbocycles. The van der Waals surface area contributed by atoms with Crippen molar-refractivity contribution in [3.05, 3.63) is 78.1 Å². The number of hydrogen-bond donors (Lipinski definition) is 1. The normalized spacial score (nSPS) is 13.5. The minimum atomic E-state index is -3.72. The number of pyridine rings is 1. The molecular weight excluding hydrogens is 448 g/mol. The van der Waals surface area contributed by atoms with Gasteiger partial charge in [0.1, 0.15) is 5.25 Å². The molecular formula is C27H38N2O4S. The Labute approximate surface area is 204 Å². The van der Waals surface area contributed by atoms with E-state index < -0.39 is 21.2 Å². The van der Waals surface area contributed by atoms with Crippen LogP contribution in [0.25, 0.3) is 0 Å². The van der Waals surface area contributed by atoms with E-state index in [0.717, 1.165) is 37.7 Å². The molecule has 7 heteroatoms. The number of sulfonamides is 1. The fourth-order valence-electron chi connectivity index (χ4n) is 3.87. The quantitative estimate of drug-likeness (QED) is 0.241. The van der Waals surface area contributed by atoms with Gasteiger partial charge in [-0.1, -0.05) is 69.5 Å². The number of carbonyl (C=O) groups is 1. The van der Waals surface area contributed by atoms with Gasteiger partial charge in [-0.25, -0.2) is 8.42 Å². The van der Waals surface area contributed by atoms with Gasteiger partial charge in [0, 0.05) is 25.5 Å². The molecule has 0 saturated heterocycles. The summed E-state index contributed by atoms with van der Waals surface area (Å²) in [6, 6.07) is 11.7. The van der Waals surface area contributed by atoms with Gasteiger partial charge in [-0.15, -0.1) is 6.58 Å². The maximum absolute atomic E-state index is 13.7. The third-order valence-corrected chi connectivity index (χ3v) is 8.21.